The van der Waals surface area contributed by atoms with Crippen molar-refractivity contribution < 1.29 is 0 Å². The normalized spacial score (nSPS) is 11.5. The standard InChI is InChI=1S/C13H17N/c1-9(2)14-11(4)8-12-6-5-10(3)7-13(12)14/h5-9H,1-4H3. The van der Waals surface area contributed by atoms with Gasteiger partial charge < -0.3 is 4.57 Å². The van der Waals surface area contributed by atoms with Crippen LogP contribution in [0.5, 0.6) is 0 Å². The maximum absolute atomic E-state index is 2.39. The zero-order valence-electron chi connectivity index (χ0n) is 9.33. The van der Waals surface area contributed by atoms with Gasteiger partial charge in [-0.1, -0.05) is 12.1 Å². The number of aromatic nitrogens is 1. The van der Waals surface area contributed by atoms with Crippen LogP contribution in [0.3, 0.4) is 0 Å². The molecule has 2 aromatic rings. The van der Waals surface area contributed by atoms with Gasteiger partial charge in [-0.05, 0) is 50.8 Å². The SMILES string of the molecule is Cc1ccc2cc(C)n(C(C)C)c2c1. The summed E-state index contributed by atoms with van der Waals surface area (Å²) in [5.41, 5.74) is 4.04. The minimum Gasteiger partial charge on any atom is -0.342 e. The predicted octanol–water partition coefficient (Wildman–Crippen LogP) is 3.84. The van der Waals surface area contributed by atoms with Crippen LogP contribution in [-0.2, 0) is 0 Å². The van der Waals surface area contributed by atoms with Gasteiger partial charge in [0, 0.05) is 17.3 Å². The Labute approximate surface area is 85.4 Å². The molecule has 0 unspecified atom stereocenters. The minimum atomic E-state index is 0.536. The second kappa shape index (κ2) is 3.16. The lowest BCUT2D eigenvalue weighted by Crippen LogP contribution is -2.01. The first-order valence-electron chi connectivity index (χ1n) is 5.18. The minimum absolute atomic E-state index is 0.536. The average molecular weight is 187 g/mol. The summed E-state index contributed by atoms with van der Waals surface area (Å²) >= 11 is 0. The summed E-state index contributed by atoms with van der Waals surface area (Å²) in [7, 11) is 0. The molecule has 14 heavy (non-hydrogen) atoms. The molecule has 1 nitrogen and oxygen atoms in total. The molecule has 0 saturated heterocycles. The molecule has 0 N–H and O–H groups in total. The second-order valence-electron chi connectivity index (χ2n) is 4.31. The first-order chi connectivity index (χ1) is 6.59. The Balaban J connectivity index is 2.79. The molecule has 0 aliphatic carbocycles. The highest BCUT2D eigenvalue weighted by Crippen LogP contribution is 2.24. The maximum Gasteiger partial charge on any atom is 0.0487 e. The molecule has 0 amide bonds. The maximum atomic E-state index is 2.39. The third-order valence-electron chi connectivity index (χ3n) is 2.71. The van der Waals surface area contributed by atoms with E-state index >= 15 is 0 Å². The lowest BCUT2D eigenvalue weighted by Gasteiger charge is -2.12. The number of benzene rings is 1. The van der Waals surface area contributed by atoms with Crippen molar-refractivity contribution in [2.45, 2.75) is 33.7 Å². The van der Waals surface area contributed by atoms with Crippen molar-refractivity contribution >= 4 is 10.9 Å². The highest BCUT2D eigenvalue weighted by Gasteiger charge is 2.07. The molecule has 0 aliphatic rings. The van der Waals surface area contributed by atoms with Crippen molar-refractivity contribution in [1.82, 2.24) is 4.57 Å². The molecular weight excluding hydrogens is 170 g/mol. The third kappa shape index (κ3) is 1.33. The van der Waals surface area contributed by atoms with Crippen LogP contribution in [0.2, 0.25) is 0 Å². The summed E-state index contributed by atoms with van der Waals surface area (Å²) in [5.74, 6) is 0. The molecule has 0 bridgehead atoms. The highest BCUT2D eigenvalue weighted by molar-refractivity contribution is 5.82. The third-order valence-corrected chi connectivity index (χ3v) is 2.71. The van der Waals surface area contributed by atoms with Gasteiger partial charge in [-0.2, -0.15) is 0 Å². The van der Waals surface area contributed by atoms with Crippen LogP contribution in [0.4, 0.5) is 0 Å². The summed E-state index contributed by atoms with van der Waals surface area (Å²) in [6.07, 6.45) is 0. The quantitative estimate of drug-likeness (QED) is 0.639. The summed E-state index contributed by atoms with van der Waals surface area (Å²) < 4.78 is 2.39. The van der Waals surface area contributed by atoms with E-state index in [0.29, 0.717) is 6.04 Å². The zero-order valence-corrected chi connectivity index (χ0v) is 9.33. The van der Waals surface area contributed by atoms with E-state index in [1.54, 1.807) is 0 Å². The van der Waals surface area contributed by atoms with Crippen molar-refractivity contribution in [2.24, 2.45) is 0 Å². The summed E-state index contributed by atoms with van der Waals surface area (Å²) in [5, 5.41) is 1.35. The van der Waals surface area contributed by atoms with Crippen LogP contribution < -0.4 is 0 Å². The zero-order chi connectivity index (χ0) is 10.3. The van der Waals surface area contributed by atoms with Gasteiger partial charge in [0.05, 0.1) is 0 Å². The van der Waals surface area contributed by atoms with Gasteiger partial charge in [0.25, 0.3) is 0 Å². The van der Waals surface area contributed by atoms with Gasteiger partial charge in [-0.15, -0.1) is 0 Å². The number of nitrogens with zero attached hydrogens (tertiary/aromatic N) is 1. The van der Waals surface area contributed by atoms with Gasteiger partial charge in [0.15, 0.2) is 0 Å². The highest BCUT2D eigenvalue weighted by atomic mass is 15.0. The Bertz CT molecular complexity index is 463. The number of aryl methyl sites for hydroxylation is 2. The van der Waals surface area contributed by atoms with E-state index < -0.39 is 0 Å². The molecule has 0 radical (unpaired) electrons. The van der Waals surface area contributed by atoms with Crippen LogP contribution in [0.25, 0.3) is 10.9 Å². The van der Waals surface area contributed by atoms with Crippen molar-refractivity contribution in [3.05, 3.63) is 35.5 Å². The molecule has 1 aromatic carbocycles. The molecule has 0 atom stereocenters. The van der Waals surface area contributed by atoms with Gasteiger partial charge in [0.1, 0.15) is 0 Å². The monoisotopic (exact) mass is 187 g/mol. The Morgan fingerprint density at radius 3 is 2.43 bits per heavy atom. The van der Waals surface area contributed by atoms with E-state index in [9.17, 15) is 0 Å². The first-order valence-corrected chi connectivity index (χ1v) is 5.18. The molecule has 0 fully saturated rings. The Morgan fingerprint density at radius 2 is 1.79 bits per heavy atom. The van der Waals surface area contributed by atoms with Gasteiger partial charge in [-0.25, -0.2) is 0 Å². The topological polar surface area (TPSA) is 4.93 Å². The molecule has 0 spiro atoms. The van der Waals surface area contributed by atoms with E-state index in [1.165, 1.54) is 22.2 Å². The number of rotatable bonds is 1. The molecular formula is C13H17N. The smallest absolute Gasteiger partial charge is 0.0487 e. The van der Waals surface area contributed by atoms with Crippen LogP contribution in [0.1, 0.15) is 31.1 Å². The van der Waals surface area contributed by atoms with Crippen molar-refractivity contribution in [3.63, 3.8) is 0 Å². The lowest BCUT2D eigenvalue weighted by molar-refractivity contribution is 0.608. The molecule has 1 heterocycles. The van der Waals surface area contributed by atoms with Crippen LogP contribution in [0.15, 0.2) is 24.3 Å². The lowest BCUT2D eigenvalue weighted by atomic mass is 10.2. The van der Waals surface area contributed by atoms with Gasteiger partial charge >= 0.3 is 0 Å². The van der Waals surface area contributed by atoms with Gasteiger partial charge in [0.2, 0.25) is 0 Å². The van der Waals surface area contributed by atoms with E-state index in [-0.39, 0.29) is 0 Å². The summed E-state index contributed by atoms with van der Waals surface area (Å²) in [6, 6.07) is 9.44. The van der Waals surface area contributed by atoms with Gasteiger partial charge in [-0.3, -0.25) is 0 Å². The van der Waals surface area contributed by atoms with Crippen molar-refractivity contribution in [2.75, 3.05) is 0 Å². The van der Waals surface area contributed by atoms with E-state index in [1.807, 2.05) is 0 Å². The number of fused-ring (bicyclic) bond motifs is 1. The van der Waals surface area contributed by atoms with Crippen LogP contribution in [-0.4, -0.2) is 4.57 Å². The average Bonchev–Trinajstić information content (AvgIpc) is 2.40. The molecule has 2 rings (SSSR count). The largest absolute Gasteiger partial charge is 0.342 e. The first kappa shape index (κ1) is 9.32. The van der Waals surface area contributed by atoms with E-state index in [4.69, 9.17) is 0 Å². The molecule has 0 aliphatic heterocycles. The second-order valence-corrected chi connectivity index (χ2v) is 4.31. The van der Waals surface area contributed by atoms with Crippen molar-refractivity contribution in [1.29, 1.82) is 0 Å². The predicted molar refractivity (Wildman–Crippen MR) is 61.8 cm³/mol. The summed E-state index contributed by atoms with van der Waals surface area (Å²) in [4.78, 5) is 0. The molecule has 1 heteroatoms. The fraction of sp³-hybridized carbons (Fsp3) is 0.385. The molecule has 0 saturated carbocycles. The molecule has 74 valence electrons. The molecule has 1 aromatic heterocycles. The Morgan fingerprint density at radius 1 is 1.07 bits per heavy atom. The van der Waals surface area contributed by atoms with Crippen LogP contribution >= 0.6 is 0 Å². The number of hydrogen-bond acceptors (Lipinski definition) is 0. The van der Waals surface area contributed by atoms with E-state index in [0.717, 1.165) is 0 Å². The van der Waals surface area contributed by atoms with Crippen molar-refractivity contribution in [3.8, 4) is 0 Å². The Hall–Kier alpha value is -1.24. The van der Waals surface area contributed by atoms with E-state index in [2.05, 4.69) is 56.5 Å². The fourth-order valence-corrected chi connectivity index (χ4v) is 2.15. The summed E-state index contributed by atoms with van der Waals surface area (Å²) in [6.45, 7) is 8.78. The Kier molecular flexibility index (Phi) is 2.10. The number of hydrogen-bond donors (Lipinski definition) is 0. The van der Waals surface area contributed by atoms with Crippen LogP contribution in [0, 0.1) is 13.8 Å². The fourth-order valence-electron chi connectivity index (χ4n) is 2.15.